The van der Waals surface area contributed by atoms with Gasteiger partial charge in [0.1, 0.15) is 37.4 Å². The number of nitrogens with one attached hydrogen (secondary N) is 1. The number of esters is 1. The topological polar surface area (TPSA) is 83.1 Å². The molecule has 1 amide bonds. The molecule has 5 aromatic carbocycles. The van der Waals surface area contributed by atoms with Crippen molar-refractivity contribution in [3.05, 3.63) is 155 Å². The average molecular weight is 614 g/mol. The minimum Gasteiger partial charge on any atom is -0.497 e. The molecule has 7 nitrogen and oxygen atoms in total. The first-order valence-corrected chi connectivity index (χ1v) is 15.2. The van der Waals surface area contributed by atoms with Gasteiger partial charge in [-0.05, 0) is 63.2 Å². The van der Waals surface area contributed by atoms with Crippen molar-refractivity contribution >= 4 is 12.1 Å². The average Bonchev–Trinajstić information content (AvgIpc) is 3.43. The van der Waals surface area contributed by atoms with E-state index in [2.05, 4.69) is 29.6 Å². The molecule has 0 fully saturated rings. The molecule has 0 aliphatic heterocycles. The van der Waals surface area contributed by atoms with E-state index in [-0.39, 0.29) is 25.6 Å². The van der Waals surface area contributed by atoms with Gasteiger partial charge >= 0.3 is 12.1 Å². The van der Waals surface area contributed by atoms with E-state index < -0.39 is 18.1 Å². The number of carbonyl (C=O) groups excluding carboxylic acids is 2. The lowest BCUT2D eigenvalue weighted by molar-refractivity contribution is -0.147. The first-order chi connectivity index (χ1) is 22.6. The number of amides is 1. The van der Waals surface area contributed by atoms with Gasteiger partial charge < -0.3 is 24.3 Å². The van der Waals surface area contributed by atoms with Crippen LogP contribution >= 0.6 is 0 Å². The van der Waals surface area contributed by atoms with E-state index in [1.54, 1.807) is 19.2 Å². The molecule has 0 unspecified atom stereocenters. The SMILES string of the molecule is COc1ccc(COC(=O)[C@@H](Cc2ccc(OCc3ccccc3)cc2)NC(=O)OCC2c3ccccc3-c3ccccc32)cc1. The summed E-state index contributed by atoms with van der Waals surface area (Å²) in [6.07, 6.45) is -0.471. The van der Waals surface area contributed by atoms with Gasteiger partial charge in [-0.3, -0.25) is 0 Å². The predicted octanol–water partition coefficient (Wildman–Crippen LogP) is 7.47. The molecule has 0 saturated heterocycles. The van der Waals surface area contributed by atoms with Crippen LogP contribution in [-0.4, -0.2) is 31.8 Å². The summed E-state index contributed by atoms with van der Waals surface area (Å²) >= 11 is 0. The Kier molecular flexibility index (Phi) is 9.59. The monoisotopic (exact) mass is 613 g/mol. The third kappa shape index (κ3) is 7.38. The minimum atomic E-state index is -0.968. The first-order valence-electron chi connectivity index (χ1n) is 15.2. The fourth-order valence-corrected chi connectivity index (χ4v) is 5.65. The van der Waals surface area contributed by atoms with Crippen molar-refractivity contribution in [1.82, 2.24) is 5.32 Å². The van der Waals surface area contributed by atoms with Crippen molar-refractivity contribution in [2.45, 2.75) is 31.6 Å². The second-order valence-corrected chi connectivity index (χ2v) is 11.1. The van der Waals surface area contributed by atoms with E-state index >= 15 is 0 Å². The van der Waals surface area contributed by atoms with Gasteiger partial charge in [0, 0.05) is 12.3 Å². The zero-order chi connectivity index (χ0) is 31.7. The molecular formula is C39H35NO6. The van der Waals surface area contributed by atoms with Crippen LogP contribution in [0.25, 0.3) is 11.1 Å². The van der Waals surface area contributed by atoms with Crippen LogP contribution in [0.4, 0.5) is 4.79 Å². The number of fused-ring (bicyclic) bond motifs is 3. The van der Waals surface area contributed by atoms with Crippen molar-refractivity contribution in [3.8, 4) is 22.6 Å². The molecule has 6 rings (SSSR count). The molecule has 5 aromatic rings. The maximum absolute atomic E-state index is 13.4. The molecule has 1 atom stereocenters. The van der Waals surface area contributed by atoms with Crippen LogP contribution < -0.4 is 14.8 Å². The van der Waals surface area contributed by atoms with Gasteiger partial charge in [0.15, 0.2) is 0 Å². The first kappa shape index (κ1) is 30.5. The van der Waals surface area contributed by atoms with Crippen LogP contribution in [-0.2, 0) is 33.9 Å². The standard InChI is InChI=1S/C39H35NO6/c1-43-30-19-17-29(18-20-30)25-45-38(41)37(23-27-15-21-31(22-16-27)44-24-28-9-3-2-4-10-28)40-39(42)46-26-36-34-13-7-5-11-32(34)33-12-6-8-14-35(33)36/h2-22,36-37H,23-26H2,1H3,(H,40,42)/t37-/m1/s1. The Morgan fingerprint density at radius 3 is 1.85 bits per heavy atom. The molecular weight excluding hydrogens is 578 g/mol. The highest BCUT2D eigenvalue weighted by atomic mass is 16.6. The van der Waals surface area contributed by atoms with Crippen LogP contribution in [0.15, 0.2) is 127 Å². The summed E-state index contributed by atoms with van der Waals surface area (Å²) in [5, 5.41) is 2.77. The summed E-state index contributed by atoms with van der Waals surface area (Å²) in [6.45, 7) is 0.642. The van der Waals surface area contributed by atoms with Crippen LogP contribution in [0.2, 0.25) is 0 Å². The van der Waals surface area contributed by atoms with Crippen LogP contribution in [0.5, 0.6) is 11.5 Å². The smallest absolute Gasteiger partial charge is 0.407 e. The predicted molar refractivity (Wildman–Crippen MR) is 176 cm³/mol. The third-order valence-corrected chi connectivity index (χ3v) is 8.07. The van der Waals surface area contributed by atoms with E-state index in [1.165, 1.54) is 0 Å². The van der Waals surface area contributed by atoms with Crippen molar-refractivity contribution in [3.63, 3.8) is 0 Å². The van der Waals surface area contributed by atoms with E-state index in [0.29, 0.717) is 18.1 Å². The molecule has 0 bridgehead atoms. The van der Waals surface area contributed by atoms with Crippen LogP contribution in [0.1, 0.15) is 33.7 Å². The highest BCUT2D eigenvalue weighted by molar-refractivity contribution is 5.82. The highest BCUT2D eigenvalue weighted by Gasteiger charge is 2.30. The summed E-state index contributed by atoms with van der Waals surface area (Å²) in [6, 6.07) is 40.0. The number of ether oxygens (including phenoxy) is 4. The van der Waals surface area contributed by atoms with Gasteiger partial charge in [-0.15, -0.1) is 0 Å². The van der Waals surface area contributed by atoms with Crippen LogP contribution in [0.3, 0.4) is 0 Å². The van der Waals surface area contributed by atoms with Gasteiger partial charge in [0.05, 0.1) is 7.11 Å². The summed E-state index contributed by atoms with van der Waals surface area (Å²) in [4.78, 5) is 26.5. The maximum atomic E-state index is 13.4. The number of methoxy groups -OCH3 is 1. The number of hydrogen-bond acceptors (Lipinski definition) is 6. The number of benzene rings is 5. The summed E-state index contributed by atoms with van der Waals surface area (Å²) in [5.41, 5.74) is 7.21. The zero-order valence-electron chi connectivity index (χ0n) is 25.6. The maximum Gasteiger partial charge on any atom is 0.407 e. The second-order valence-electron chi connectivity index (χ2n) is 11.1. The summed E-state index contributed by atoms with van der Waals surface area (Å²) < 4.78 is 22.5. The van der Waals surface area contributed by atoms with Gasteiger partial charge in [0.2, 0.25) is 0 Å². The van der Waals surface area contributed by atoms with Gasteiger partial charge in [-0.2, -0.15) is 0 Å². The normalized spacial score (nSPS) is 12.4. The molecule has 0 saturated carbocycles. The minimum absolute atomic E-state index is 0.0535. The Balaban J connectivity index is 1.12. The van der Waals surface area contributed by atoms with Gasteiger partial charge in [-0.1, -0.05) is 103 Å². The second kappa shape index (κ2) is 14.5. The molecule has 7 heteroatoms. The van der Waals surface area contributed by atoms with E-state index in [0.717, 1.165) is 38.9 Å². The Labute approximate surface area is 268 Å². The number of carbonyl (C=O) groups is 2. The van der Waals surface area contributed by atoms with Gasteiger partial charge in [0.25, 0.3) is 0 Å². The zero-order valence-corrected chi connectivity index (χ0v) is 25.6. The Bertz CT molecular complexity index is 1720. The van der Waals surface area contributed by atoms with Crippen molar-refractivity contribution in [2.75, 3.05) is 13.7 Å². The third-order valence-electron chi connectivity index (χ3n) is 8.07. The highest BCUT2D eigenvalue weighted by Crippen LogP contribution is 2.44. The molecule has 0 heterocycles. The molecule has 0 radical (unpaired) electrons. The van der Waals surface area contributed by atoms with E-state index in [4.69, 9.17) is 18.9 Å². The quantitative estimate of drug-likeness (QED) is 0.147. The van der Waals surface area contributed by atoms with Crippen molar-refractivity contribution in [2.24, 2.45) is 0 Å². The molecule has 0 aromatic heterocycles. The Morgan fingerprint density at radius 2 is 1.20 bits per heavy atom. The molecule has 0 spiro atoms. The van der Waals surface area contributed by atoms with E-state index in [1.807, 2.05) is 91.0 Å². The largest absolute Gasteiger partial charge is 0.497 e. The molecule has 232 valence electrons. The fourth-order valence-electron chi connectivity index (χ4n) is 5.65. The number of alkyl carbamates (subject to hydrolysis) is 1. The van der Waals surface area contributed by atoms with Gasteiger partial charge in [-0.25, -0.2) is 9.59 Å². The number of rotatable bonds is 12. The molecule has 1 aliphatic rings. The van der Waals surface area contributed by atoms with Crippen molar-refractivity contribution in [1.29, 1.82) is 0 Å². The Hall–Kier alpha value is -5.56. The lowest BCUT2D eigenvalue weighted by atomic mass is 9.98. The summed E-state index contributed by atoms with van der Waals surface area (Å²) in [7, 11) is 1.59. The molecule has 1 N–H and O–H groups in total. The lowest BCUT2D eigenvalue weighted by Crippen LogP contribution is -2.43. The van der Waals surface area contributed by atoms with Crippen molar-refractivity contribution < 1.29 is 28.5 Å². The lowest BCUT2D eigenvalue weighted by Gasteiger charge is -2.20. The fraction of sp³-hybridized carbons (Fsp3) is 0.179. The molecule has 1 aliphatic carbocycles. The summed E-state index contributed by atoms with van der Waals surface area (Å²) in [5.74, 6) is 0.757. The van der Waals surface area contributed by atoms with Crippen LogP contribution in [0, 0.1) is 0 Å². The Morgan fingerprint density at radius 1 is 0.630 bits per heavy atom. The number of hydrogen-bond donors (Lipinski definition) is 1. The van der Waals surface area contributed by atoms with E-state index in [9.17, 15) is 9.59 Å². The molecule has 46 heavy (non-hydrogen) atoms.